The SMILES string of the molecule is Cn1c(N2CCNCC2)nc(-c2ccncc2)c(-c2ccc(Cl)cc2Cl)c1=O. The molecule has 0 saturated carbocycles. The topological polar surface area (TPSA) is 63.1 Å². The molecule has 1 N–H and O–H groups in total. The molecule has 8 heteroatoms. The van der Waals surface area contributed by atoms with E-state index in [1.807, 2.05) is 12.1 Å². The second-order valence-corrected chi connectivity index (χ2v) is 7.44. The number of pyridine rings is 1. The van der Waals surface area contributed by atoms with E-state index in [4.69, 9.17) is 28.2 Å². The summed E-state index contributed by atoms with van der Waals surface area (Å²) in [6.45, 7) is 3.28. The Hall–Kier alpha value is -2.41. The lowest BCUT2D eigenvalue weighted by Crippen LogP contribution is -2.46. The summed E-state index contributed by atoms with van der Waals surface area (Å²) < 4.78 is 1.59. The van der Waals surface area contributed by atoms with Gasteiger partial charge in [-0.05, 0) is 24.3 Å². The minimum absolute atomic E-state index is 0.153. The molecule has 0 spiro atoms. The van der Waals surface area contributed by atoms with Crippen LogP contribution in [0.3, 0.4) is 0 Å². The van der Waals surface area contributed by atoms with Gasteiger partial charge in [-0.3, -0.25) is 14.3 Å². The number of piperazine rings is 1. The van der Waals surface area contributed by atoms with Gasteiger partial charge in [-0.15, -0.1) is 0 Å². The number of hydrogen-bond donors (Lipinski definition) is 1. The first-order chi connectivity index (χ1) is 13.6. The molecule has 144 valence electrons. The molecule has 1 aliphatic heterocycles. The molecule has 0 unspecified atom stereocenters. The molecule has 0 amide bonds. The van der Waals surface area contributed by atoms with Crippen molar-refractivity contribution in [1.82, 2.24) is 19.9 Å². The Labute approximate surface area is 172 Å². The predicted molar refractivity (Wildman–Crippen MR) is 113 cm³/mol. The highest BCUT2D eigenvalue weighted by atomic mass is 35.5. The number of rotatable bonds is 3. The molecule has 1 fully saturated rings. The summed E-state index contributed by atoms with van der Waals surface area (Å²) in [6, 6.07) is 8.81. The molecule has 0 atom stereocenters. The van der Waals surface area contributed by atoms with E-state index in [-0.39, 0.29) is 5.56 Å². The predicted octanol–water partition coefficient (Wildman–Crippen LogP) is 3.23. The zero-order valence-electron chi connectivity index (χ0n) is 15.3. The fourth-order valence-corrected chi connectivity index (χ4v) is 3.90. The van der Waals surface area contributed by atoms with E-state index in [2.05, 4.69) is 15.2 Å². The van der Waals surface area contributed by atoms with Crippen LogP contribution < -0.4 is 15.8 Å². The van der Waals surface area contributed by atoms with Crippen LogP contribution in [-0.2, 0) is 7.05 Å². The number of aromatic nitrogens is 3. The largest absolute Gasteiger partial charge is 0.340 e. The molecule has 1 saturated heterocycles. The summed E-state index contributed by atoms with van der Waals surface area (Å²) in [5, 5.41) is 4.25. The van der Waals surface area contributed by atoms with Crippen molar-refractivity contribution in [3.8, 4) is 22.4 Å². The second-order valence-electron chi connectivity index (χ2n) is 6.60. The molecule has 4 rings (SSSR count). The van der Waals surface area contributed by atoms with Crippen LogP contribution in [0.15, 0.2) is 47.5 Å². The van der Waals surface area contributed by atoms with Gasteiger partial charge in [0.15, 0.2) is 0 Å². The fourth-order valence-electron chi connectivity index (χ4n) is 3.39. The van der Waals surface area contributed by atoms with Crippen molar-refractivity contribution >= 4 is 29.2 Å². The van der Waals surface area contributed by atoms with Crippen LogP contribution in [0.25, 0.3) is 22.4 Å². The molecule has 0 radical (unpaired) electrons. The van der Waals surface area contributed by atoms with Crippen LogP contribution in [0.2, 0.25) is 10.0 Å². The average molecular weight is 416 g/mol. The minimum Gasteiger partial charge on any atom is -0.340 e. The number of anilines is 1. The number of nitrogens with one attached hydrogen (secondary N) is 1. The Bertz CT molecular complexity index is 1060. The Balaban J connectivity index is 1.99. The lowest BCUT2D eigenvalue weighted by molar-refractivity contribution is 0.568. The van der Waals surface area contributed by atoms with E-state index < -0.39 is 0 Å². The molecule has 3 heterocycles. The van der Waals surface area contributed by atoms with Crippen molar-refractivity contribution in [2.24, 2.45) is 7.05 Å². The van der Waals surface area contributed by atoms with E-state index in [0.717, 1.165) is 31.7 Å². The molecule has 6 nitrogen and oxygen atoms in total. The Morgan fingerprint density at radius 1 is 1.07 bits per heavy atom. The van der Waals surface area contributed by atoms with Crippen molar-refractivity contribution in [3.05, 3.63) is 63.1 Å². The van der Waals surface area contributed by atoms with Crippen LogP contribution >= 0.6 is 23.2 Å². The number of nitrogens with zero attached hydrogens (tertiary/aromatic N) is 4. The van der Waals surface area contributed by atoms with Gasteiger partial charge in [0.05, 0.1) is 16.3 Å². The van der Waals surface area contributed by atoms with Crippen molar-refractivity contribution < 1.29 is 0 Å². The van der Waals surface area contributed by atoms with E-state index in [1.54, 1.807) is 42.2 Å². The van der Waals surface area contributed by atoms with E-state index >= 15 is 0 Å². The highest BCUT2D eigenvalue weighted by Gasteiger charge is 2.23. The van der Waals surface area contributed by atoms with Gasteiger partial charge in [-0.2, -0.15) is 0 Å². The van der Waals surface area contributed by atoms with Gasteiger partial charge in [0.1, 0.15) is 0 Å². The summed E-state index contributed by atoms with van der Waals surface area (Å²) in [5.74, 6) is 0.646. The summed E-state index contributed by atoms with van der Waals surface area (Å²) in [4.78, 5) is 24.5. The van der Waals surface area contributed by atoms with Gasteiger partial charge in [-0.1, -0.05) is 29.3 Å². The molecule has 2 aromatic heterocycles. The van der Waals surface area contributed by atoms with Crippen molar-refractivity contribution in [2.75, 3.05) is 31.1 Å². The molecular weight excluding hydrogens is 397 g/mol. The van der Waals surface area contributed by atoms with E-state index in [1.165, 1.54) is 0 Å². The Kier molecular flexibility index (Phi) is 5.35. The fraction of sp³-hybridized carbons (Fsp3) is 0.250. The summed E-state index contributed by atoms with van der Waals surface area (Å²) in [7, 11) is 1.75. The average Bonchev–Trinajstić information content (AvgIpc) is 2.72. The van der Waals surface area contributed by atoms with Gasteiger partial charge in [0, 0.05) is 61.8 Å². The van der Waals surface area contributed by atoms with Gasteiger partial charge in [0.25, 0.3) is 5.56 Å². The smallest absolute Gasteiger partial charge is 0.263 e. The van der Waals surface area contributed by atoms with Gasteiger partial charge in [-0.25, -0.2) is 4.98 Å². The third-order valence-electron chi connectivity index (χ3n) is 4.82. The minimum atomic E-state index is -0.153. The molecule has 28 heavy (non-hydrogen) atoms. The van der Waals surface area contributed by atoms with Crippen LogP contribution in [0, 0.1) is 0 Å². The van der Waals surface area contributed by atoms with E-state index in [9.17, 15) is 4.79 Å². The van der Waals surface area contributed by atoms with Crippen molar-refractivity contribution in [2.45, 2.75) is 0 Å². The quantitative estimate of drug-likeness (QED) is 0.711. The van der Waals surface area contributed by atoms with Gasteiger partial charge < -0.3 is 10.2 Å². The highest BCUT2D eigenvalue weighted by molar-refractivity contribution is 6.36. The maximum absolute atomic E-state index is 13.4. The van der Waals surface area contributed by atoms with Crippen LogP contribution in [0.1, 0.15) is 0 Å². The maximum Gasteiger partial charge on any atom is 0.263 e. The van der Waals surface area contributed by atoms with Crippen molar-refractivity contribution in [3.63, 3.8) is 0 Å². The van der Waals surface area contributed by atoms with Crippen LogP contribution in [0.4, 0.5) is 5.95 Å². The first kappa shape index (κ1) is 18.9. The standard InChI is InChI=1S/C20H19Cl2N5O/c1-26-19(28)17(15-3-2-14(21)12-16(15)22)18(13-4-6-23-7-5-13)25-20(26)27-10-8-24-9-11-27/h2-7,12,24H,8-11H2,1H3. The molecular formula is C20H19Cl2N5O. The first-order valence-electron chi connectivity index (χ1n) is 8.99. The highest BCUT2D eigenvalue weighted by Crippen LogP contribution is 2.34. The zero-order chi connectivity index (χ0) is 19.7. The van der Waals surface area contributed by atoms with Gasteiger partial charge >= 0.3 is 0 Å². The van der Waals surface area contributed by atoms with Gasteiger partial charge in [0.2, 0.25) is 5.95 Å². The van der Waals surface area contributed by atoms with Crippen molar-refractivity contribution in [1.29, 1.82) is 0 Å². The normalized spacial score (nSPS) is 14.3. The zero-order valence-corrected chi connectivity index (χ0v) is 16.8. The third-order valence-corrected chi connectivity index (χ3v) is 5.37. The van der Waals surface area contributed by atoms with Crippen LogP contribution in [-0.4, -0.2) is 40.7 Å². The molecule has 3 aromatic rings. The summed E-state index contributed by atoms with van der Waals surface area (Å²) in [5.41, 5.74) is 2.31. The Morgan fingerprint density at radius 3 is 2.46 bits per heavy atom. The molecule has 0 aliphatic carbocycles. The van der Waals surface area contributed by atoms with Crippen LogP contribution in [0.5, 0.6) is 0 Å². The number of benzene rings is 1. The molecule has 1 aliphatic rings. The summed E-state index contributed by atoms with van der Waals surface area (Å²) in [6.07, 6.45) is 3.37. The Morgan fingerprint density at radius 2 is 1.79 bits per heavy atom. The third kappa shape index (κ3) is 3.51. The van der Waals surface area contributed by atoms with E-state index in [0.29, 0.717) is 32.8 Å². The number of halogens is 2. The second kappa shape index (κ2) is 7.91. The lowest BCUT2D eigenvalue weighted by atomic mass is 10.0. The summed E-state index contributed by atoms with van der Waals surface area (Å²) >= 11 is 12.5. The first-order valence-corrected chi connectivity index (χ1v) is 9.74. The lowest BCUT2D eigenvalue weighted by Gasteiger charge is -2.30. The number of hydrogen-bond acceptors (Lipinski definition) is 5. The maximum atomic E-state index is 13.4. The molecule has 0 bridgehead atoms. The monoisotopic (exact) mass is 415 g/mol. The molecule has 1 aromatic carbocycles.